The van der Waals surface area contributed by atoms with Gasteiger partial charge in [-0.05, 0) is 0 Å². The van der Waals surface area contributed by atoms with Crippen LogP contribution in [0.4, 0.5) is 4.39 Å². The van der Waals surface area contributed by atoms with Crippen LogP contribution in [0.3, 0.4) is 0 Å². The van der Waals surface area contributed by atoms with Crippen LogP contribution in [-0.4, -0.2) is 3.71 Å². The van der Waals surface area contributed by atoms with Crippen molar-refractivity contribution in [1.29, 1.82) is 0 Å². The summed E-state index contributed by atoms with van der Waals surface area (Å²) in [7, 11) is 0. The largest absolute Gasteiger partial charge is 1.00 e. The van der Waals surface area contributed by atoms with Crippen molar-refractivity contribution in [1.82, 2.24) is 0 Å². The molecular weight excluding hydrogens is 734 g/mol. The molecule has 3 aromatic rings. The molecule has 3 aromatic carbocycles. The van der Waals surface area contributed by atoms with Crippen LogP contribution in [0, 0.1) is 34.9 Å². The molecule has 0 spiro atoms. The van der Waals surface area contributed by atoms with Crippen molar-refractivity contribution in [2.75, 3.05) is 0 Å². The van der Waals surface area contributed by atoms with E-state index in [-0.39, 0.29) is 41.5 Å². The number of allylic oxidation sites excluding steroid dienone is 4. The van der Waals surface area contributed by atoms with Crippen LogP contribution in [0.25, 0.3) is 11.1 Å². The molecule has 0 saturated heterocycles. The van der Waals surface area contributed by atoms with Crippen molar-refractivity contribution >= 4 is 3.71 Å². The minimum absolute atomic E-state index is 0. The summed E-state index contributed by atoms with van der Waals surface area (Å²) in [4.78, 5) is 0. The van der Waals surface area contributed by atoms with Gasteiger partial charge in [0.15, 0.2) is 0 Å². The van der Waals surface area contributed by atoms with E-state index in [1.54, 1.807) is 26.6 Å². The average Bonchev–Trinajstić information content (AvgIpc) is 3.47. The number of rotatable bonds is 5. The molecular formula is C46H55Cl2FZr. The first-order chi connectivity index (χ1) is 22.7. The Bertz CT molecular complexity index is 1780. The molecule has 1 unspecified atom stereocenters. The summed E-state index contributed by atoms with van der Waals surface area (Å²) in [5.74, 6) is 3.27. The monoisotopic (exact) mass is 786 g/mol. The van der Waals surface area contributed by atoms with Gasteiger partial charge < -0.3 is 24.8 Å². The zero-order valence-corrected chi connectivity index (χ0v) is 35.4. The minimum Gasteiger partial charge on any atom is -1.00 e. The standard InChI is InChI=1S/C21H25.C18H25.C7H5F.2ClH.Zr/c1-20(2,3)16-9-7-14-11-15-8-10-17(21(4,5)6)13-19(15)18(14)12-16;1-12-3-13(2)17(4-12)11-18-8-14-5-15(9-18)7-16(6-14)10-18;1-6-2-4-7(8)5-3-6;;;/h7-13H,1-6H3;4,12,14-16H,5-11H2,1-2H3;1-5H;2*1H;/q;;;;;+2/p-2. The topological polar surface area (TPSA) is 0 Å². The molecule has 0 aromatic heterocycles. The molecule has 9 rings (SSSR count). The van der Waals surface area contributed by atoms with Gasteiger partial charge in [0.2, 0.25) is 0 Å². The van der Waals surface area contributed by atoms with Crippen LogP contribution in [0.15, 0.2) is 81.2 Å². The van der Waals surface area contributed by atoms with Crippen LogP contribution in [-0.2, 0) is 32.1 Å². The Morgan fingerprint density at radius 3 is 1.68 bits per heavy atom. The third kappa shape index (κ3) is 6.82. The van der Waals surface area contributed by atoms with Crippen LogP contribution < -0.4 is 24.8 Å². The van der Waals surface area contributed by atoms with Crippen molar-refractivity contribution in [2.45, 2.75) is 115 Å². The maximum Gasteiger partial charge on any atom is -1.00 e. The fourth-order valence-corrected chi connectivity index (χ4v) is 19.9. The minimum atomic E-state index is -2.67. The Morgan fingerprint density at radius 2 is 1.22 bits per heavy atom. The summed E-state index contributed by atoms with van der Waals surface area (Å²) in [6.45, 7) is 19.0. The normalized spacial score (nSPS) is 26.8. The van der Waals surface area contributed by atoms with Crippen LogP contribution in [0.1, 0.15) is 132 Å². The van der Waals surface area contributed by atoms with E-state index >= 15 is 0 Å². The smallest absolute Gasteiger partial charge is 1.00 e. The summed E-state index contributed by atoms with van der Waals surface area (Å²) in [5, 5.41) is 0. The van der Waals surface area contributed by atoms with Crippen LogP contribution in [0.5, 0.6) is 0 Å². The number of hydrogen-bond acceptors (Lipinski definition) is 0. The first-order valence-electron chi connectivity index (χ1n) is 18.9. The number of fused-ring (bicyclic) bond motifs is 3. The van der Waals surface area contributed by atoms with E-state index in [0.717, 1.165) is 17.8 Å². The molecule has 4 saturated carbocycles. The molecule has 0 aliphatic heterocycles. The summed E-state index contributed by atoms with van der Waals surface area (Å²) in [6.07, 6.45) is 12.9. The molecule has 0 N–H and O–H groups in total. The third-order valence-electron chi connectivity index (χ3n) is 13.1. The molecule has 4 bridgehead atoms. The SMILES string of the molecule is CC1=[C](/[Zr+2](=[CH]/c2ccc(F)cc2)[CH]2c3ccc(C(C)(C)C)cc3-c3cc(C(C)(C)C)ccc32)C(C)C=C1CC12CC3CC(CC(C3)C1)C2.[Cl-].[Cl-]. The predicted molar refractivity (Wildman–Crippen MR) is 198 cm³/mol. The van der Waals surface area contributed by atoms with Crippen molar-refractivity contribution in [3.63, 3.8) is 0 Å². The van der Waals surface area contributed by atoms with E-state index in [1.165, 1.54) is 83.9 Å². The number of halogens is 3. The maximum absolute atomic E-state index is 14.2. The van der Waals surface area contributed by atoms with Crippen LogP contribution >= 0.6 is 0 Å². The Hall–Kier alpha value is -1.60. The molecule has 4 fully saturated rings. The maximum atomic E-state index is 14.2. The van der Waals surface area contributed by atoms with E-state index in [0.29, 0.717) is 15.0 Å². The molecule has 0 nitrogen and oxygen atoms in total. The zero-order valence-electron chi connectivity index (χ0n) is 31.4. The molecule has 50 heavy (non-hydrogen) atoms. The second-order valence-electron chi connectivity index (χ2n) is 18.8. The Morgan fingerprint density at radius 1 is 0.740 bits per heavy atom. The predicted octanol–water partition coefficient (Wildman–Crippen LogP) is 6.42. The first kappa shape index (κ1) is 38.1. The molecule has 6 aliphatic rings. The van der Waals surface area contributed by atoms with Crippen molar-refractivity contribution in [3.8, 4) is 11.1 Å². The van der Waals surface area contributed by atoms with E-state index in [4.69, 9.17) is 0 Å². The van der Waals surface area contributed by atoms with E-state index < -0.39 is 21.3 Å². The quantitative estimate of drug-likeness (QED) is 0.280. The van der Waals surface area contributed by atoms with Gasteiger partial charge in [-0.15, -0.1) is 0 Å². The molecule has 6 aliphatic carbocycles. The summed E-state index contributed by atoms with van der Waals surface area (Å²) >= 11 is -2.67. The Balaban J connectivity index is 0.00000216. The van der Waals surface area contributed by atoms with Crippen molar-refractivity contribution < 1.29 is 50.5 Å². The molecule has 0 heterocycles. The van der Waals surface area contributed by atoms with Gasteiger partial charge >= 0.3 is 299 Å². The van der Waals surface area contributed by atoms with Crippen molar-refractivity contribution in [2.24, 2.45) is 29.1 Å². The molecule has 1 atom stereocenters. The number of benzene rings is 3. The molecule has 4 heteroatoms. The van der Waals surface area contributed by atoms with Crippen LogP contribution in [0.2, 0.25) is 0 Å². The van der Waals surface area contributed by atoms with Gasteiger partial charge in [0.25, 0.3) is 0 Å². The molecule has 0 amide bonds. The summed E-state index contributed by atoms with van der Waals surface area (Å²) in [6, 6.07) is 22.2. The van der Waals surface area contributed by atoms with E-state index in [2.05, 4.69) is 102 Å². The van der Waals surface area contributed by atoms with E-state index in [1.807, 2.05) is 12.1 Å². The zero-order chi connectivity index (χ0) is 33.7. The van der Waals surface area contributed by atoms with Gasteiger partial charge in [-0.2, -0.15) is 0 Å². The van der Waals surface area contributed by atoms with Crippen molar-refractivity contribution in [3.05, 3.63) is 115 Å². The average molecular weight is 789 g/mol. The van der Waals surface area contributed by atoms with E-state index in [9.17, 15) is 4.39 Å². The van der Waals surface area contributed by atoms with Gasteiger partial charge in [-0.25, -0.2) is 0 Å². The second-order valence-corrected chi connectivity index (χ2v) is 24.5. The fraction of sp³-hybridized carbons (Fsp3) is 0.500. The Labute approximate surface area is 321 Å². The van der Waals surface area contributed by atoms with Gasteiger partial charge in [0.1, 0.15) is 0 Å². The van der Waals surface area contributed by atoms with Gasteiger partial charge in [0, 0.05) is 0 Å². The summed E-state index contributed by atoms with van der Waals surface area (Å²) in [5.41, 5.74) is 14.0. The second kappa shape index (κ2) is 13.7. The summed E-state index contributed by atoms with van der Waals surface area (Å²) < 4.78 is 19.1. The first-order valence-corrected chi connectivity index (χ1v) is 22.9. The van der Waals surface area contributed by atoms with Gasteiger partial charge in [0.05, 0.1) is 0 Å². The molecule has 0 radical (unpaired) electrons. The Kier molecular flexibility index (Phi) is 10.4. The third-order valence-corrected chi connectivity index (χ3v) is 21.3. The molecule has 264 valence electrons. The van der Waals surface area contributed by atoms with Gasteiger partial charge in [-0.1, -0.05) is 0 Å². The fourth-order valence-electron chi connectivity index (χ4n) is 11.2. The number of hydrogen-bond donors (Lipinski definition) is 0. The van der Waals surface area contributed by atoms with Gasteiger partial charge in [-0.3, -0.25) is 0 Å².